The zero-order chi connectivity index (χ0) is 19.6. The lowest BCUT2D eigenvalue weighted by Crippen LogP contribution is -2.20. The minimum absolute atomic E-state index is 0.199. The number of rotatable bonds is 6. The van der Waals surface area contributed by atoms with Crippen molar-refractivity contribution in [2.24, 2.45) is 0 Å². The van der Waals surface area contributed by atoms with E-state index in [0.717, 1.165) is 12.1 Å². The number of amides is 1. The molecule has 11 heteroatoms. The van der Waals surface area contributed by atoms with E-state index >= 15 is 0 Å². The van der Waals surface area contributed by atoms with Crippen molar-refractivity contribution in [2.45, 2.75) is 13.3 Å². The van der Waals surface area contributed by atoms with Gasteiger partial charge in [-0.15, -0.1) is 0 Å². The van der Waals surface area contributed by atoms with Gasteiger partial charge in [-0.3, -0.25) is 14.6 Å². The van der Waals surface area contributed by atoms with E-state index < -0.39 is 38.8 Å². The Balaban J connectivity index is 1.90. The lowest BCUT2D eigenvalue weighted by molar-refractivity contribution is 0.101. The standard InChI is InChI=1S/C16H15F2N5O3S/c1-2-5-27(25,26)23-12-4-3-11(17)13(14(12)18)16(24)21-10-6-9-7-20-22-15(9)19-8-10/h3-4,6-8,23H,2,5H2,1H3,(H,21,24)(H,19,20,22). The molecule has 27 heavy (non-hydrogen) atoms. The van der Waals surface area contributed by atoms with Gasteiger partial charge >= 0.3 is 0 Å². The quantitative estimate of drug-likeness (QED) is 0.593. The second kappa shape index (κ2) is 7.27. The SMILES string of the molecule is CCCS(=O)(=O)Nc1ccc(F)c(C(=O)Nc2cnc3[nH]ncc3c2)c1F. The van der Waals surface area contributed by atoms with Gasteiger partial charge in [0, 0.05) is 5.39 Å². The summed E-state index contributed by atoms with van der Waals surface area (Å²) in [5, 5.41) is 9.34. The van der Waals surface area contributed by atoms with Gasteiger partial charge in [0.05, 0.1) is 29.5 Å². The zero-order valence-electron chi connectivity index (χ0n) is 14.1. The number of carbonyl (C=O) groups excluding carboxylic acids is 1. The molecule has 1 amide bonds. The number of halogens is 2. The second-order valence-electron chi connectivity index (χ2n) is 5.69. The predicted octanol–water partition coefficient (Wildman–Crippen LogP) is 2.64. The van der Waals surface area contributed by atoms with Crippen molar-refractivity contribution in [2.75, 3.05) is 15.8 Å². The largest absolute Gasteiger partial charge is 0.320 e. The summed E-state index contributed by atoms with van der Waals surface area (Å²) in [5.74, 6) is -3.74. The van der Waals surface area contributed by atoms with Gasteiger partial charge in [0.25, 0.3) is 5.91 Å². The van der Waals surface area contributed by atoms with Gasteiger partial charge < -0.3 is 5.32 Å². The van der Waals surface area contributed by atoms with Gasteiger partial charge in [-0.1, -0.05) is 6.92 Å². The van der Waals surface area contributed by atoms with Gasteiger partial charge in [0.15, 0.2) is 11.5 Å². The molecule has 1 aromatic carbocycles. The lowest BCUT2D eigenvalue weighted by atomic mass is 10.1. The van der Waals surface area contributed by atoms with Crippen molar-refractivity contribution in [3.8, 4) is 0 Å². The number of benzene rings is 1. The molecule has 0 fully saturated rings. The summed E-state index contributed by atoms with van der Waals surface area (Å²) in [4.78, 5) is 16.4. The normalized spacial score (nSPS) is 11.5. The molecule has 0 aliphatic heterocycles. The van der Waals surface area contributed by atoms with Crippen LogP contribution in [0.4, 0.5) is 20.2 Å². The van der Waals surface area contributed by atoms with Crippen LogP contribution in [-0.2, 0) is 10.0 Å². The van der Waals surface area contributed by atoms with Crippen LogP contribution in [0.5, 0.6) is 0 Å². The number of fused-ring (bicyclic) bond motifs is 1. The maximum atomic E-state index is 14.6. The first kappa shape index (κ1) is 18.7. The van der Waals surface area contributed by atoms with Crippen LogP contribution in [0.1, 0.15) is 23.7 Å². The van der Waals surface area contributed by atoms with E-state index in [1.54, 1.807) is 6.92 Å². The number of nitrogens with zero attached hydrogens (tertiary/aromatic N) is 2. The molecule has 0 aliphatic carbocycles. The third-order valence-electron chi connectivity index (χ3n) is 3.61. The Labute approximate surface area is 153 Å². The number of carbonyl (C=O) groups is 1. The average molecular weight is 395 g/mol. The van der Waals surface area contributed by atoms with Crippen molar-refractivity contribution in [3.63, 3.8) is 0 Å². The van der Waals surface area contributed by atoms with Crippen molar-refractivity contribution in [1.82, 2.24) is 15.2 Å². The van der Waals surface area contributed by atoms with Crippen LogP contribution in [-0.4, -0.2) is 35.3 Å². The van der Waals surface area contributed by atoms with Crippen LogP contribution >= 0.6 is 0 Å². The van der Waals surface area contributed by atoms with Gasteiger partial charge in [0.1, 0.15) is 11.4 Å². The van der Waals surface area contributed by atoms with Gasteiger partial charge in [-0.25, -0.2) is 22.2 Å². The van der Waals surface area contributed by atoms with E-state index in [-0.39, 0.29) is 11.4 Å². The first-order valence-electron chi connectivity index (χ1n) is 7.89. The van der Waals surface area contributed by atoms with E-state index in [0.29, 0.717) is 17.5 Å². The van der Waals surface area contributed by atoms with Gasteiger partial charge in [0.2, 0.25) is 10.0 Å². The Bertz CT molecular complexity index is 1110. The summed E-state index contributed by atoms with van der Waals surface area (Å²) in [7, 11) is -3.80. The second-order valence-corrected chi connectivity index (χ2v) is 7.53. The number of sulfonamides is 1. The number of hydrogen-bond donors (Lipinski definition) is 3. The summed E-state index contributed by atoms with van der Waals surface area (Å²) in [6.45, 7) is 1.64. The van der Waals surface area contributed by atoms with E-state index in [4.69, 9.17) is 0 Å². The summed E-state index contributed by atoms with van der Waals surface area (Å²) in [6.07, 6.45) is 3.08. The van der Waals surface area contributed by atoms with E-state index in [2.05, 4.69) is 20.5 Å². The molecule has 142 valence electrons. The Kier molecular flexibility index (Phi) is 5.04. The van der Waals surface area contributed by atoms with Crippen LogP contribution in [0, 0.1) is 11.6 Å². The molecule has 8 nitrogen and oxygen atoms in total. The van der Waals surface area contributed by atoms with Crippen molar-refractivity contribution in [1.29, 1.82) is 0 Å². The van der Waals surface area contributed by atoms with Crippen LogP contribution in [0.15, 0.2) is 30.6 Å². The number of pyridine rings is 1. The lowest BCUT2D eigenvalue weighted by Gasteiger charge is -2.12. The molecule has 0 radical (unpaired) electrons. The summed E-state index contributed by atoms with van der Waals surface area (Å²) >= 11 is 0. The monoisotopic (exact) mass is 395 g/mol. The van der Waals surface area contributed by atoms with Crippen LogP contribution in [0.25, 0.3) is 11.0 Å². The fourth-order valence-corrected chi connectivity index (χ4v) is 3.56. The molecule has 3 aromatic rings. The Morgan fingerprint density at radius 3 is 2.78 bits per heavy atom. The van der Waals surface area contributed by atoms with E-state index in [9.17, 15) is 22.0 Å². The minimum Gasteiger partial charge on any atom is -0.320 e. The molecular formula is C16H15F2N5O3S. The maximum absolute atomic E-state index is 14.6. The summed E-state index contributed by atoms with van der Waals surface area (Å²) in [5.41, 5.74) is -0.722. The van der Waals surface area contributed by atoms with Crippen molar-refractivity contribution >= 4 is 38.3 Å². The molecule has 3 N–H and O–H groups in total. The first-order valence-corrected chi connectivity index (χ1v) is 9.55. The van der Waals surface area contributed by atoms with Crippen LogP contribution in [0.3, 0.4) is 0 Å². The number of aromatic nitrogens is 3. The highest BCUT2D eigenvalue weighted by Crippen LogP contribution is 2.24. The molecule has 0 bridgehead atoms. The van der Waals surface area contributed by atoms with Crippen LogP contribution < -0.4 is 10.0 Å². The van der Waals surface area contributed by atoms with Crippen molar-refractivity contribution in [3.05, 3.63) is 47.8 Å². The van der Waals surface area contributed by atoms with Crippen LogP contribution in [0.2, 0.25) is 0 Å². The number of anilines is 2. The molecule has 3 rings (SSSR count). The minimum atomic E-state index is -3.80. The number of nitrogens with one attached hydrogen (secondary N) is 3. The highest BCUT2D eigenvalue weighted by atomic mass is 32.2. The third-order valence-corrected chi connectivity index (χ3v) is 5.08. The maximum Gasteiger partial charge on any atom is 0.261 e. The molecule has 0 atom stereocenters. The molecule has 2 heterocycles. The number of hydrogen-bond acceptors (Lipinski definition) is 5. The van der Waals surface area contributed by atoms with Gasteiger partial charge in [-0.2, -0.15) is 5.10 Å². The predicted molar refractivity (Wildman–Crippen MR) is 95.9 cm³/mol. The first-order chi connectivity index (χ1) is 12.8. The molecule has 2 aromatic heterocycles. The summed E-state index contributed by atoms with van der Waals surface area (Å²) < 4.78 is 54.3. The van der Waals surface area contributed by atoms with E-state index in [1.807, 2.05) is 4.72 Å². The summed E-state index contributed by atoms with van der Waals surface area (Å²) in [6, 6.07) is 3.26. The Morgan fingerprint density at radius 1 is 1.26 bits per heavy atom. The third kappa shape index (κ3) is 4.03. The molecule has 0 unspecified atom stereocenters. The molecule has 0 spiro atoms. The highest BCUT2D eigenvalue weighted by Gasteiger charge is 2.23. The Morgan fingerprint density at radius 2 is 2.04 bits per heavy atom. The molecule has 0 aliphatic rings. The molecule has 0 saturated carbocycles. The van der Waals surface area contributed by atoms with Gasteiger partial charge in [-0.05, 0) is 24.6 Å². The topological polar surface area (TPSA) is 117 Å². The number of aromatic amines is 1. The number of H-pyrrole nitrogens is 1. The smallest absolute Gasteiger partial charge is 0.261 e. The zero-order valence-corrected chi connectivity index (χ0v) is 14.9. The fraction of sp³-hybridized carbons (Fsp3) is 0.188. The molecule has 0 saturated heterocycles. The van der Waals surface area contributed by atoms with E-state index in [1.165, 1.54) is 18.5 Å². The molecular weight excluding hydrogens is 380 g/mol. The Hall–Kier alpha value is -3.08. The average Bonchev–Trinajstić information content (AvgIpc) is 3.05. The van der Waals surface area contributed by atoms with Crippen molar-refractivity contribution < 1.29 is 22.0 Å². The fourth-order valence-electron chi connectivity index (χ4n) is 2.43. The highest BCUT2D eigenvalue weighted by molar-refractivity contribution is 7.92.